The molecule has 0 N–H and O–H groups in total. The minimum atomic E-state index is -0.112. The molecule has 1 saturated heterocycles. The lowest BCUT2D eigenvalue weighted by atomic mass is 9.96. The van der Waals surface area contributed by atoms with Crippen LogP contribution in [-0.4, -0.2) is 58.8 Å². The highest BCUT2D eigenvalue weighted by Crippen LogP contribution is 2.29. The number of aryl methyl sites for hydroxylation is 1. The lowest BCUT2D eigenvalue weighted by Gasteiger charge is -2.33. The van der Waals surface area contributed by atoms with Gasteiger partial charge in [0.25, 0.3) is 5.91 Å². The Bertz CT molecular complexity index is 773. The van der Waals surface area contributed by atoms with Gasteiger partial charge in [-0.2, -0.15) is 0 Å². The first-order valence-electron chi connectivity index (χ1n) is 8.35. The lowest BCUT2D eigenvalue weighted by Crippen LogP contribution is -2.45. The summed E-state index contributed by atoms with van der Waals surface area (Å²) in [6.45, 7) is 3.03. The molecule has 0 saturated carbocycles. The molecular weight excluding hydrogens is 336 g/mol. The van der Waals surface area contributed by atoms with E-state index in [1.165, 1.54) is 11.3 Å². The Labute approximate surface area is 151 Å². The fourth-order valence-corrected chi connectivity index (χ4v) is 4.10. The number of piperidine rings is 1. The van der Waals surface area contributed by atoms with Gasteiger partial charge >= 0.3 is 0 Å². The molecule has 0 aromatic carbocycles. The Morgan fingerprint density at radius 1 is 1.36 bits per heavy atom. The molecule has 0 aliphatic carbocycles. The minimum absolute atomic E-state index is 0.0265. The number of hydrogen-bond donors (Lipinski definition) is 0. The second kappa shape index (κ2) is 7.31. The van der Waals surface area contributed by atoms with Crippen LogP contribution >= 0.6 is 11.3 Å². The van der Waals surface area contributed by atoms with Gasteiger partial charge in [0.2, 0.25) is 5.91 Å². The van der Waals surface area contributed by atoms with Crippen molar-refractivity contribution < 1.29 is 9.59 Å². The van der Waals surface area contributed by atoms with E-state index in [0.717, 1.165) is 29.1 Å². The summed E-state index contributed by atoms with van der Waals surface area (Å²) in [7, 11) is 3.52. The van der Waals surface area contributed by atoms with Crippen molar-refractivity contribution in [3.8, 4) is 10.6 Å². The standard InChI is InChI=1S/C18H22N4O2S/c1-12-15(25-16(20-12)13-6-4-8-19-10-13)18(24)22-9-5-7-14(11-22)17(23)21(2)3/h4,6,8,10,14H,5,7,9,11H2,1-3H3. The minimum Gasteiger partial charge on any atom is -0.349 e. The maximum absolute atomic E-state index is 13.0. The van der Waals surface area contributed by atoms with Crippen LogP contribution in [0.3, 0.4) is 0 Å². The number of carbonyl (C=O) groups excluding carboxylic acids is 2. The fourth-order valence-electron chi connectivity index (χ4n) is 3.08. The number of pyridine rings is 1. The fraction of sp³-hybridized carbons (Fsp3) is 0.444. The van der Waals surface area contributed by atoms with Gasteiger partial charge in [0.15, 0.2) is 0 Å². The number of carbonyl (C=O) groups is 2. The second-order valence-corrected chi connectivity index (χ2v) is 7.50. The summed E-state index contributed by atoms with van der Waals surface area (Å²) in [5.41, 5.74) is 1.64. The third-order valence-corrected chi connectivity index (χ3v) is 5.59. The lowest BCUT2D eigenvalue weighted by molar-refractivity contribution is -0.134. The predicted molar refractivity (Wildman–Crippen MR) is 97.4 cm³/mol. The number of likely N-dealkylation sites (tertiary alicyclic amines) is 1. The van der Waals surface area contributed by atoms with Crippen LogP contribution in [-0.2, 0) is 4.79 Å². The number of nitrogens with zero attached hydrogens (tertiary/aromatic N) is 4. The van der Waals surface area contributed by atoms with Crippen LogP contribution in [0.5, 0.6) is 0 Å². The first-order chi connectivity index (χ1) is 12.0. The number of rotatable bonds is 3. The molecular formula is C18H22N4O2S. The van der Waals surface area contributed by atoms with Gasteiger partial charge in [-0.25, -0.2) is 4.98 Å². The molecule has 1 unspecified atom stereocenters. The van der Waals surface area contributed by atoms with E-state index in [2.05, 4.69) is 9.97 Å². The molecule has 1 aliphatic rings. The topological polar surface area (TPSA) is 66.4 Å². The molecule has 3 heterocycles. The second-order valence-electron chi connectivity index (χ2n) is 6.50. The zero-order valence-corrected chi connectivity index (χ0v) is 15.5. The van der Waals surface area contributed by atoms with Crippen molar-refractivity contribution >= 4 is 23.2 Å². The van der Waals surface area contributed by atoms with Crippen LogP contribution in [0.4, 0.5) is 0 Å². The Kier molecular flexibility index (Phi) is 5.13. The van der Waals surface area contributed by atoms with E-state index in [-0.39, 0.29) is 17.7 Å². The highest BCUT2D eigenvalue weighted by Gasteiger charge is 2.31. The average molecular weight is 358 g/mol. The maximum Gasteiger partial charge on any atom is 0.265 e. The first kappa shape index (κ1) is 17.5. The Balaban J connectivity index is 1.79. The summed E-state index contributed by atoms with van der Waals surface area (Å²) in [6, 6.07) is 3.79. The summed E-state index contributed by atoms with van der Waals surface area (Å²) in [4.78, 5) is 37.9. The van der Waals surface area contributed by atoms with Gasteiger partial charge < -0.3 is 9.80 Å². The van der Waals surface area contributed by atoms with Crippen molar-refractivity contribution in [2.75, 3.05) is 27.2 Å². The van der Waals surface area contributed by atoms with E-state index in [1.54, 1.807) is 36.3 Å². The van der Waals surface area contributed by atoms with Gasteiger partial charge in [-0.05, 0) is 31.9 Å². The van der Waals surface area contributed by atoms with E-state index in [4.69, 9.17) is 0 Å². The smallest absolute Gasteiger partial charge is 0.265 e. The molecule has 6 nitrogen and oxygen atoms in total. The Hall–Kier alpha value is -2.28. The first-order valence-corrected chi connectivity index (χ1v) is 9.17. The number of amides is 2. The molecule has 25 heavy (non-hydrogen) atoms. The van der Waals surface area contributed by atoms with E-state index >= 15 is 0 Å². The number of hydrogen-bond acceptors (Lipinski definition) is 5. The molecule has 7 heteroatoms. The largest absolute Gasteiger partial charge is 0.349 e. The number of aromatic nitrogens is 2. The molecule has 3 rings (SSSR count). The summed E-state index contributed by atoms with van der Waals surface area (Å²) < 4.78 is 0. The van der Waals surface area contributed by atoms with Crippen LogP contribution in [0, 0.1) is 12.8 Å². The van der Waals surface area contributed by atoms with Crippen molar-refractivity contribution in [1.29, 1.82) is 0 Å². The summed E-state index contributed by atoms with van der Waals surface area (Å²) >= 11 is 1.39. The highest BCUT2D eigenvalue weighted by molar-refractivity contribution is 7.17. The van der Waals surface area contributed by atoms with Crippen LogP contribution in [0.25, 0.3) is 10.6 Å². The van der Waals surface area contributed by atoms with Crippen LogP contribution < -0.4 is 0 Å². The molecule has 2 aromatic rings. The maximum atomic E-state index is 13.0. The van der Waals surface area contributed by atoms with E-state index in [1.807, 2.05) is 19.1 Å². The molecule has 0 bridgehead atoms. The highest BCUT2D eigenvalue weighted by atomic mass is 32.1. The van der Waals surface area contributed by atoms with Gasteiger partial charge in [0.05, 0.1) is 11.6 Å². The average Bonchev–Trinajstić information content (AvgIpc) is 3.03. The molecule has 2 aromatic heterocycles. The van der Waals surface area contributed by atoms with E-state index in [0.29, 0.717) is 18.0 Å². The van der Waals surface area contributed by atoms with Crippen molar-refractivity contribution in [3.05, 3.63) is 35.1 Å². The van der Waals surface area contributed by atoms with Crippen LogP contribution in [0.1, 0.15) is 28.2 Å². The van der Waals surface area contributed by atoms with Crippen LogP contribution in [0.15, 0.2) is 24.5 Å². The quantitative estimate of drug-likeness (QED) is 0.845. The van der Waals surface area contributed by atoms with Crippen molar-refractivity contribution in [2.45, 2.75) is 19.8 Å². The van der Waals surface area contributed by atoms with E-state index < -0.39 is 0 Å². The van der Waals surface area contributed by atoms with Crippen LogP contribution in [0.2, 0.25) is 0 Å². The van der Waals surface area contributed by atoms with E-state index in [9.17, 15) is 9.59 Å². The molecule has 2 amide bonds. The predicted octanol–water partition coefficient (Wildman–Crippen LogP) is 2.45. The summed E-state index contributed by atoms with van der Waals surface area (Å²) in [5.74, 6) is -0.0466. The molecule has 0 radical (unpaired) electrons. The summed E-state index contributed by atoms with van der Waals surface area (Å²) in [6.07, 6.45) is 5.15. The molecule has 1 fully saturated rings. The van der Waals surface area contributed by atoms with Gasteiger partial charge in [-0.1, -0.05) is 0 Å². The van der Waals surface area contributed by atoms with Crippen molar-refractivity contribution in [3.63, 3.8) is 0 Å². The number of thiazole rings is 1. The van der Waals surface area contributed by atoms with Gasteiger partial charge in [0, 0.05) is 45.1 Å². The zero-order valence-electron chi connectivity index (χ0n) is 14.7. The monoisotopic (exact) mass is 358 g/mol. The SMILES string of the molecule is Cc1nc(-c2cccnc2)sc1C(=O)N1CCCC(C(=O)N(C)C)C1. The zero-order chi connectivity index (χ0) is 18.0. The molecule has 1 aliphatic heterocycles. The van der Waals surface area contributed by atoms with Gasteiger partial charge in [-0.3, -0.25) is 14.6 Å². The van der Waals surface area contributed by atoms with Gasteiger partial charge in [0.1, 0.15) is 9.88 Å². The van der Waals surface area contributed by atoms with Crippen molar-refractivity contribution in [2.24, 2.45) is 5.92 Å². The molecule has 132 valence electrons. The summed E-state index contributed by atoms with van der Waals surface area (Å²) in [5, 5.41) is 0.798. The third kappa shape index (κ3) is 3.71. The normalized spacial score (nSPS) is 17.4. The molecule has 1 atom stereocenters. The Morgan fingerprint density at radius 2 is 2.16 bits per heavy atom. The van der Waals surface area contributed by atoms with Crippen molar-refractivity contribution in [1.82, 2.24) is 19.8 Å². The van der Waals surface area contributed by atoms with Gasteiger partial charge in [-0.15, -0.1) is 11.3 Å². The third-order valence-electron chi connectivity index (χ3n) is 4.40. The molecule has 0 spiro atoms. The Morgan fingerprint density at radius 3 is 2.84 bits per heavy atom.